The molecule has 0 radical (unpaired) electrons. The maximum Gasteiger partial charge on any atom is 0.00318 e. The first-order valence-corrected chi connectivity index (χ1v) is 3.71. The molecule has 0 aromatic heterocycles. The molecule has 0 aliphatic rings. The van der Waals surface area contributed by atoms with Gasteiger partial charge in [-0.15, -0.1) is 0 Å². The number of hydrogen-bond donors (Lipinski definition) is 1. The van der Waals surface area contributed by atoms with E-state index in [4.69, 9.17) is 5.73 Å². The highest BCUT2D eigenvalue weighted by atomic mass is 79.9. The molecule has 0 heterocycles. The molecule has 0 aliphatic heterocycles. The van der Waals surface area contributed by atoms with Gasteiger partial charge >= 0.3 is 0 Å². The van der Waals surface area contributed by atoms with Crippen molar-refractivity contribution in [1.82, 2.24) is 0 Å². The summed E-state index contributed by atoms with van der Waals surface area (Å²) in [4.78, 5) is 0. The van der Waals surface area contributed by atoms with Gasteiger partial charge in [0.1, 0.15) is 0 Å². The molecule has 44 valence electrons. The summed E-state index contributed by atoms with van der Waals surface area (Å²) >= 11 is 3.32. The second-order valence-corrected chi connectivity index (χ2v) is 2.60. The number of hydrogen-bond acceptors (Lipinski definition) is 1. The molecule has 1 atom stereocenters. The monoisotopic (exact) mass is 165 g/mol. The molecule has 0 aromatic carbocycles. The van der Waals surface area contributed by atoms with Crippen LogP contribution < -0.4 is 5.73 Å². The molecule has 0 saturated carbocycles. The first-order valence-electron chi connectivity index (χ1n) is 2.59. The second kappa shape index (κ2) is 4.60. The van der Waals surface area contributed by atoms with Crippen LogP contribution in [0, 0.1) is 0 Å². The minimum Gasteiger partial charge on any atom is -0.328 e. The summed E-state index contributed by atoms with van der Waals surface area (Å²) in [5, 5.41) is 1.08. The van der Waals surface area contributed by atoms with Gasteiger partial charge in [-0.3, -0.25) is 0 Å². The summed E-state index contributed by atoms with van der Waals surface area (Å²) in [6.07, 6.45) is 2.32. The number of nitrogens with two attached hydrogens (primary N) is 1. The number of halogens is 1. The number of rotatable bonds is 3. The van der Waals surface area contributed by atoms with Crippen LogP contribution in [0.4, 0.5) is 0 Å². The van der Waals surface area contributed by atoms with Gasteiger partial charge in [0, 0.05) is 11.4 Å². The van der Waals surface area contributed by atoms with Crippen LogP contribution in [0.5, 0.6) is 0 Å². The lowest BCUT2D eigenvalue weighted by Gasteiger charge is -1.98. The minimum atomic E-state index is 0.373. The number of alkyl halides is 1. The van der Waals surface area contributed by atoms with Gasteiger partial charge in [0.2, 0.25) is 0 Å². The molecule has 1 nitrogen and oxygen atoms in total. The van der Waals surface area contributed by atoms with E-state index in [0.29, 0.717) is 6.04 Å². The molecular formula is C5H12BrN. The maximum atomic E-state index is 5.46. The zero-order chi connectivity index (χ0) is 5.70. The largest absolute Gasteiger partial charge is 0.328 e. The topological polar surface area (TPSA) is 26.0 Å². The fourth-order valence-electron chi connectivity index (χ4n) is 0.399. The first kappa shape index (κ1) is 7.44. The highest BCUT2D eigenvalue weighted by molar-refractivity contribution is 9.09. The van der Waals surface area contributed by atoms with E-state index in [1.54, 1.807) is 0 Å². The van der Waals surface area contributed by atoms with Crippen LogP contribution in [-0.4, -0.2) is 11.4 Å². The van der Waals surface area contributed by atoms with E-state index in [2.05, 4.69) is 15.9 Å². The lowest BCUT2D eigenvalue weighted by molar-refractivity contribution is 0.658. The Bertz CT molecular complexity index is 37.1. The van der Waals surface area contributed by atoms with Crippen LogP contribution >= 0.6 is 15.9 Å². The van der Waals surface area contributed by atoms with Crippen molar-refractivity contribution in [2.75, 3.05) is 5.33 Å². The molecule has 0 aliphatic carbocycles. The normalized spacial score (nSPS) is 14.1. The predicted molar refractivity (Wildman–Crippen MR) is 36.7 cm³/mol. The molecule has 2 heteroatoms. The first-order chi connectivity index (χ1) is 3.27. The fourth-order valence-corrected chi connectivity index (χ4v) is 0.723. The van der Waals surface area contributed by atoms with Crippen LogP contribution in [0.15, 0.2) is 0 Å². The third-order valence-corrected chi connectivity index (χ3v) is 1.35. The SMILES string of the molecule is CC(N)CCCBr. The van der Waals surface area contributed by atoms with Gasteiger partial charge in [-0.1, -0.05) is 15.9 Å². The molecule has 0 fully saturated rings. The molecule has 2 N–H and O–H groups in total. The average Bonchev–Trinajstić information content (AvgIpc) is 1.61. The molecule has 0 rings (SSSR count). The Labute approximate surface area is 53.4 Å². The van der Waals surface area contributed by atoms with Crippen molar-refractivity contribution in [2.24, 2.45) is 5.73 Å². The third-order valence-electron chi connectivity index (χ3n) is 0.793. The van der Waals surface area contributed by atoms with Gasteiger partial charge < -0.3 is 5.73 Å². The van der Waals surface area contributed by atoms with Crippen molar-refractivity contribution in [1.29, 1.82) is 0 Å². The van der Waals surface area contributed by atoms with Crippen molar-refractivity contribution in [3.05, 3.63) is 0 Å². The van der Waals surface area contributed by atoms with Crippen LogP contribution in [-0.2, 0) is 0 Å². The van der Waals surface area contributed by atoms with E-state index in [1.807, 2.05) is 6.92 Å². The maximum absolute atomic E-state index is 5.46. The Kier molecular flexibility index (Phi) is 4.88. The Morgan fingerprint density at radius 1 is 1.71 bits per heavy atom. The molecule has 0 spiro atoms. The van der Waals surface area contributed by atoms with Crippen molar-refractivity contribution in [3.63, 3.8) is 0 Å². The summed E-state index contributed by atoms with van der Waals surface area (Å²) in [5.74, 6) is 0. The van der Waals surface area contributed by atoms with Gasteiger partial charge in [-0.05, 0) is 19.8 Å². The van der Waals surface area contributed by atoms with Gasteiger partial charge in [0.05, 0.1) is 0 Å². The zero-order valence-electron chi connectivity index (χ0n) is 4.65. The quantitative estimate of drug-likeness (QED) is 0.631. The van der Waals surface area contributed by atoms with E-state index in [9.17, 15) is 0 Å². The lowest BCUT2D eigenvalue weighted by atomic mass is 10.2. The lowest BCUT2D eigenvalue weighted by Crippen LogP contribution is -2.13. The summed E-state index contributed by atoms with van der Waals surface area (Å²) in [6.45, 7) is 2.03. The predicted octanol–water partition coefficient (Wildman–Crippen LogP) is 1.51. The Hall–Kier alpha value is 0.440. The van der Waals surface area contributed by atoms with Gasteiger partial charge in [-0.25, -0.2) is 0 Å². The van der Waals surface area contributed by atoms with Crippen LogP contribution in [0.1, 0.15) is 19.8 Å². The van der Waals surface area contributed by atoms with Crippen LogP contribution in [0.3, 0.4) is 0 Å². The van der Waals surface area contributed by atoms with Crippen molar-refractivity contribution in [2.45, 2.75) is 25.8 Å². The zero-order valence-corrected chi connectivity index (χ0v) is 6.24. The average molecular weight is 166 g/mol. The van der Waals surface area contributed by atoms with E-state index in [-0.39, 0.29) is 0 Å². The summed E-state index contributed by atoms with van der Waals surface area (Å²) < 4.78 is 0. The standard InChI is InChI=1S/C5H12BrN/c1-5(7)3-2-4-6/h5H,2-4,7H2,1H3. The van der Waals surface area contributed by atoms with Gasteiger partial charge in [0.25, 0.3) is 0 Å². The molecule has 0 amide bonds. The fraction of sp³-hybridized carbons (Fsp3) is 1.00. The summed E-state index contributed by atoms with van der Waals surface area (Å²) in [7, 11) is 0. The molecule has 0 aromatic rings. The summed E-state index contributed by atoms with van der Waals surface area (Å²) in [6, 6.07) is 0.373. The van der Waals surface area contributed by atoms with Crippen molar-refractivity contribution in [3.8, 4) is 0 Å². The molecule has 7 heavy (non-hydrogen) atoms. The van der Waals surface area contributed by atoms with Gasteiger partial charge in [-0.2, -0.15) is 0 Å². The molecule has 1 unspecified atom stereocenters. The van der Waals surface area contributed by atoms with Gasteiger partial charge in [0.15, 0.2) is 0 Å². The van der Waals surface area contributed by atoms with E-state index >= 15 is 0 Å². The second-order valence-electron chi connectivity index (χ2n) is 1.81. The van der Waals surface area contributed by atoms with E-state index in [1.165, 1.54) is 6.42 Å². The van der Waals surface area contributed by atoms with Crippen molar-refractivity contribution >= 4 is 15.9 Å². The molecule has 0 bridgehead atoms. The molecular weight excluding hydrogens is 154 g/mol. The Morgan fingerprint density at radius 3 is 2.43 bits per heavy atom. The smallest absolute Gasteiger partial charge is 0.00318 e. The molecule has 0 saturated heterocycles. The van der Waals surface area contributed by atoms with E-state index in [0.717, 1.165) is 11.8 Å². The minimum absolute atomic E-state index is 0.373. The highest BCUT2D eigenvalue weighted by Crippen LogP contribution is 1.95. The van der Waals surface area contributed by atoms with Crippen LogP contribution in [0.2, 0.25) is 0 Å². The Balaban J connectivity index is 2.68. The Morgan fingerprint density at radius 2 is 2.29 bits per heavy atom. The third kappa shape index (κ3) is 6.44. The summed E-state index contributed by atoms with van der Waals surface area (Å²) in [5.41, 5.74) is 5.46. The highest BCUT2D eigenvalue weighted by Gasteiger charge is 1.89. The van der Waals surface area contributed by atoms with Crippen molar-refractivity contribution < 1.29 is 0 Å². The van der Waals surface area contributed by atoms with E-state index < -0.39 is 0 Å². The van der Waals surface area contributed by atoms with Crippen LogP contribution in [0.25, 0.3) is 0 Å².